The standard InChI is InChI=1S/C7H6F3NO3/c1-3-5(14-7(8,9)10)4(12)2-11-6(3)13/h2,12H,1H3,(H,11,13). The zero-order valence-electron chi connectivity index (χ0n) is 6.97. The second-order valence-corrected chi connectivity index (χ2v) is 2.50. The van der Waals surface area contributed by atoms with Crippen molar-refractivity contribution in [2.24, 2.45) is 0 Å². The van der Waals surface area contributed by atoms with Crippen LogP contribution in [0, 0.1) is 6.92 Å². The summed E-state index contributed by atoms with van der Waals surface area (Å²) in [4.78, 5) is 12.9. The van der Waals surface area contributed by atoms with Gasteiger partial charge in [-0.15, -0.1) is 13.2 Å². The van der Waals surface area contributed by atoms with Crippen LogP contribution in [0.4, 0.5) is 13.2 Å². The van der Waals surface area contributed by atoms with Gasteiger partial charge < -0.3 is 14.8 Å². The predicted molar refractivity (Wildman–Crippen MR) is 40.1 cm³/mol. The summed E-state index contributed by atoms with van der Waals surface area (Å²) in [7, 11) is 0. The molecule has 4 nitrogen and oxygen atoms in total. The van der Waals surface area contributed by atoms with Gasteiger partial charge in [0.05, 0.1) is 5.56 Å². The molecule has 0 spiro atoms. The minimum absolute atomic E-state index is 0.331. The van der Waals surface area contributed by atoms with E-state index in [2.05, 4.69) is 4.74 Å². The summed E-state index contributed by atoms with van der Waals surface area (Å²) in [6, 6.07) is 0. The van der Waals surface area contributed by atoms with Crippen molar-refractivity contribution in [3.8, 4) is 11.5 Å². The molecular formula is C7H6F3NO3. The molecule has 0 saturated carbocycles. The number of pyridine rings is 1. The number of alkyl halides is 3. The van der Waals surface area contributed by atoms with Crippen LogP contribution in [-0.2, 0) is 0 Å². The third kappa shape index (κ3) is 2.18. The molecule has 0 bridgehead atoms. The molecule has 0 radical (unpaired) electrons. The second-order valence-electron chi connectivity index (χ2n) is 2.50. The first-order valence-corrected chi connectivity index (χ1v) is 3.48. The van der Waals surface area contributed by atoms with Gasteiger partial charge in [0.25, 0.3) is 5.56 Å². The number of aromatic nitrogens is 1. The maximum atomic E-state index is 11.8. The van der Waals surface area contributed by atoms with Crippen LogP contribution < -0.4 is 10.3 Å². The van der Waals surface area contributed by atoms with Crippen molar-refractivity contribution >= 4 is 0 Å². The molecular weight excluding hydrogens is 203 g/mol. The fourth-order valence-electron chi connectivity index (χ4n) is 0.847. The summed E-state index contributed by atoms with van der Waals surface area (Å²) in [5.74, 6) is -1.64. The molecule has 0 aliphatic carbocycles. The van der Waals surface area contributed by atoms with Gasteiger partial charge in [0.2, 0.25) is 0 Å². The smallest absolute Gasteiger partial charge is 0.503 e. The van der Waals surface area contributed by atoms with Gasteiger partial charge in [-0.2, -0.15) is 0 Å². The normalized spacial score (nSPS) is 11.4. The SMILES string of the molecule is Cc1c(OC(F)(F)F)c(O)c[nH]c1=O. The second kappa shape index (κ2) is 3.24. The van der Waals surface area contributed by atoms with E-state index in [1.807, 2.05) is 4.98 Å². The lowest BCUT2D eigenvalue weighted by molar-refractivity contribution is -0.275. The van der Waals surface area contributed by atoms with E-state index in [4.69, 9.17) is 5.11 Å². The summed E-state index contributed by atoms with van der Waals surface area (Å²) in [6.45, 7) is 1.11. The van der Waals surface area contributed by atoms with Gasteiger partial charge in [-0.1, -0.05) is 0 Å². The van der Waals surface area contributed by atoms with Crippen molar-refractivity contribution in [1.82, 2.24) is 4.98 Å². The first-order chi connectivity index (χ1) is 6.31. The summed E-state index contributed by atoms with van der Waals surface area (Å²) >= 11 is 0. The van der Waals surface area contributed by atoms with Crippen LogP contribution in [0.15, 0.2) is 11.0 Å². The van der Waals surface area contributed by atoms with E-state index in [9.17, 15) is 18.0 Å². The number of ether oxygens (including phenoxy) is 1. The molecule has 0 fully saturated rings. The molecule has 14 heavy (non-hydrogen) atoms. The summed E-state index contributed by atoms with van der Waals surface area (Å²) in [5, 5.41) is 8.98. The lowest BCUT2D eigenvalue weighted by Gasteiger charge is -2.11. The van der Waals surface area contributed by atoms with E-state index < -0.39 is 23.4 Å². The molecule has 7 heteroatoms. The van der Waals surface area contributed by atoms with E-state index in [1.54, 1.807) is 0 Å². The Bertz CT molecular complexity index is 396. The topological polar surface area (TPSA) is 62.3 Å². The number of hydrogen-bond donors (Lipinski definition) is 2. The molecule has 1 rings (SSSR count). The highest BCUT2D eigenvalue weighted by Gasteiger charge is 2.33. The Morgan fingerprint density at radius 3 is 2.57 bits per heavy atom. The van der Waals surface area contributed by atoms with Gasteiger partial charge in [-0.05, 0) is 6.92 Å². The Labute approximate surface area is 75.9 Å². The van der Waals surface area contributed by atoms with Gasteiger partial charge in [-0.25, -0.2) is 0 Å². The third-order valence-electron chi connectivity index (χ3n) is 1.47. The molecule has 0 aromatic carbocycles. The van der Waals surface area contributed by atoms with E-state index >= 15 is 0 Å². The molecule has 0 atom stereocenters. The van der Waals surface area contributed by atoms with Crippen molar-refractivity contribution < 1.29 is 23.0 Å². The molecule has 0 aliphatic heterocycles. The average molecular weight is 209 g/mol. The fraction of sp³-hybridized carbons (Fsp3) is 0.286. The number of rotatable bonds is 1. The molecule has 1 aromatic rings. The number of nitrogens with one attached hydrogen (secondary N) is 1. The molecule has 2 N–H and O–H groups in total. The van der Waals surface area contributed by atoms with Crippen LogP contribution >= 0.6 is 0 Å². The first kappa shape index (κ1) is 10.4. The van der Waals surface area contributed by atoms with Gasteiger partial charge >= 0.3 is 6.36 Å². The number of hydrogen-bond acceptors (Lipinski definition) is 3. The number of halogens is 3. The van der Waals surface area contributed by atoms with Crippen molar-refractivity contribution in [2.75, 3.05) is 0 Å². The van der Waals surface area contributed by atoms with Crippen LogP contribution in [0.3, 0.4) is 0 Å². The Morgan fingerprint density at radius 2 is 2.07 bits per heavy atom. The van der Waals surface area contributed by atoms with Crippen LogP contribution in [-0.4, -0.2) is 16.5 Å². The van der Waals surface area contributed by atoms with Gasteiger partial charge in [0.15, 0.2) is 11.5 Å². The lowest BCUT2D eigenvalue weighted by atomic mass is 10.3. The van der Waals surface area contributed by atoms with Crippen LogP contribution in [0.5, 0.6) is 11.5 Å². The average Bonchev–Trinajstić information content (AvgIpc) is 2.04. The zero-order chi connectivity index (χ0) is 10.9. The Balaban J connectivity index is 3.20. The number of aromatic hydroxyl groups is 1. The molecule has 0 unspecified atom stereocenters. The van der Waals surface area contributed by atoms with Crippen molar-refractivity contribution in [3.63, 3.8) is 0 Å². The Kier molecular flexibility index (Phi) is 2.41. The third-order valence-corrected chi connectivity index (χ3v) is 1.47. The van der Waals surface area contributed by atoms with Crippen LogP contribution in [0.25, 0.3) is 0 Å². The largest absolute Gasteiger partial charge is 0.573 e. The van der Waals surface area contributed by atoms with Gasteiger partial charge in [0, 0.05) is 6.20 Å². The predicted octanol–water partition coefficient (Wildman–Crippen LogP) is 1.29. The summed E-state index contributed by atoms with van der Waals surface area (Å²) < 4.78 is 38.8. The minimum Gasteiger partial charge on any atom is -0.503 e. The minimum atomic E-state index is -4.93. The summed E-state index contributed by atoms with van der Waals surface area (Å²) in [5.41, 5.74) is -1.08. The summed E-state index contributed by atoms with van der Waals surface area (Å²) in [6.07, 6.45) is -4.20. The number of H-pyrrole nitrogens is 1. The van der Waals surface area contributed by atoms with E-state index in [1.165, 1.54) is 0 Å². The van der Waals surface area contributed by atoms with Crippen molar-refractivity contribution in [2.45, 2.75) is 13.3 Å². The highest BCUT2D eigenvalue weighted by Crippen LogP contribution is 2.31. The Morgan fingerprint density at radius 1 is 1.50 bits per heavy atom. The van der Waals surface area contributed by atoms with Crippen molar-refractivity contribution in [1.29, 1.82) is 0 Å². The van der Waals surface area contributed by atoms with E-state index in [0.29, 0.717) is 0 Å². The highest BCUT2D eigenvalue weighted by molar-refractivity contribution is 5.42. The number of aromatic amines is 1. The zero-order valence-corrected chi connectivity index (χ0v) is 6.97. The van der Waals surface area contributed by atoms with E-state index in [-0.39, 0.29) is 5.56 Å². The molecule has 1 aromatic heterocycles. The lowest BCUT2D eigenvalue weighted by Crippen LogP contribution is -2.20. The van der Waals surface area contributed by atoms with Crippen LogP contribution in [0.2, 0.25) is 0 Å². The molecule has 0 aliphatic rings. The Hall–Kier alpha value is -1.66. The molecule has 0 saturated heterocycles. The molecule has 78 valence electrons. The first-order valence-electron chi connectivity index (χ1n) is 3.48. The van der Waals surface area contributed by atoms with Gasteiger partial charge in [0.1, 0.15) is 0 Å². The van der Waals surface area contributed by atoms with E-state index in [0.717, 1.165) is 13.1 Å². The molecule has 0 amide bonds. The van der Waals surface area contributed by atoms with Gasteiger partial charge in [-0.3, -0.25) is 4.79 Å². The molecule has 1 heterocycles. The fourth-order valence-corrected chi connectivity index (χ4v) is 0.847. The maximum Gasteiger partial charge on any atom is 0.573 e. The van der Waals surface area contributed by atoms with Crippen LogP contribution in [0.1, 0.15) is 5.56 Å². The maximum absolute atomic E-state index is 11.8. The van der Waals surface area contributed by atoms with Crippen molar-refractivity contribution in [3.05, 3.63) is 22.1 Å². The monoisotopic (exact) mass is 209 g/mol. The highest BCUT2D eigenvalue weighted by atomic mass is 19.4. The quantitative estimate of drug-likeness (QED) is 0.732.